The third kappa shape index (κ3) is 7.59. The third-order valence-electron chi connectivity index (χ3n) is 12.3. The lowest BCUT2D eigenvalue weighted by Gasteiger charge is -2.49. The predicted octanol–water partition coefficient (Wildman–Crippen LogP) is 13.6. The predicted molar refractivity (Wildman–Crippen MR) is 226 cm³/mol. The summed E-state index contributed by atoms with van der Waals surface area (Å²) in [4.78, 5) is 5.41. The molecule has 272 valence electrons. The van der Waals surface area contributed by atoms with Crippen LogP contribution >= 0.6 is 31.1 Å². The van der Waals surface area contributed by atoms with Crippen molar-refractivity contribution in [2.24, 2.45) is 0 Å². The first kappa shape index (κ1) is 37.1. The minimum Gasteiger partial charge on any atom is -0.325 e. The number of allylic oxidation sites excluding steroid dienone is 2. The van der Waals surface area contributed by atoms with Crippen LogP contribution in [0.5, 0.6) is 0 Å². The van der Waals surface area contributed by atoms with Crippen molar-refractivity contribution in [2.45, 2.75) is 140 Å². The van der Waals surface area contributed by atoms with Crippen LogP contribution in [0.15, 0.2) is 71.6 Å². The number of hydrogen-bond donors (Lipinski definition) is 0. The molecule has 4 aliphatic rings. The number of alkyl halides is 2. The summed E-state index contributed by atoms with van der Waals surface area (Å²) in [6, 6.07) is 20.3. The number of rotatable bonds is 6. The van der Waals surface area contributed by atoms with Crippen LogP contribution in [0.3, 0.4) is 0 Å². The highest BCUT2D eigenvalue weighted by atomic mass is 35.5. The average Bonchev–Trinajstić information content (AvgIpc) is 3.50. The van der Waals surface area contributed by atoms with E-state index in [-0.39, 0.29) is 7.92 Å². The summed E-state index contributed by atoms with van der Waals surface area (Å²) in [5, 5.41) is 0. The SMILES string of the molecule is Cc1cc(C)c(N2CCN(c3c(C)cc(C)cc3C)C2=C2C(=Cc3ccccc3)C(Cl)(Cl)CCC2P(C2CCCCC2)C2CCCCC2)c(C)c1. The van der Waals surface area contributed by atoms with Crippen LogP contribution < -0.4 is 9.80 Å². The van der Waals surface area contributed by atoms with E-state index in [1.165, 1.54) is 126 Å². The van der Waals surface area contributed by atoms with Crippen LogP contribution in [0.1, 0.15) is 116 Å². The first-order chi connectivity index (χ1) is 24.5. The largest absolute Gasteiger partial charge is 0.325 e. The van der Waals surface area contributed by atoms with Gasteiger partial charge < -0.3 is 9.80 Å². The normalized spacial score (nSPS) is 22.8. The van der Waals surface area contributed by atoms with Gasteiger partial charge in [0.25, 0.3) is 0 Å². The van der Waals surface area contributed by atoms with Gasteiger partial charge in [-0.25, -0.2) is 0 Å². The number of halogens is 2. The highest BCUT2D eigenvalue weighted by Crippen LogP contribution is 2.66. The Morgan fingerprint density at radius 2 is 1.08 bits per heavy atom. The first-order valence-corrected chi connectivity index (χ1v) is 22.2. The second kappa shape index (κ2) is 15.6. The van der Waals surface area contributed by atoms with Crippen LogP contribution in [0.4, 0.5) is 11.4 Å². The minimum atomic E-state index is -0.969. The Morgan fingerprint density at radius 3 is 1.53 bits per heavy atom. The average molecular weight is 742 g/mol. The molecule has 0 N–H and O–H groups in total. The van der Waals surface area contributed by atoms with E-state index in [2.05, 4.69) is 112 Å². The molecule has 3 aliphatic carbocycles. The van der Waals surface area contributed by atoms with Crippen LogP contribution in [0, 0.1) is 41.5 Å². The van der Waals surface area contributed by atoms with Gasteiger partial charge in [-0.2, -0.15) is 0 Å². The maximum absolute atomic E-state index is 7.69. The maximum Gasteiger partial charge on any atom is 0.143 e. The van der Waals surface area contributed by atoms with E-state index < -0.39 is 4.33 Å². The van der Waals surface area contributed by atoms with Crippen molar-refractivity contribution < 1.29 is 0 Å². The summed E-state index contributed by atoms with van der Waals surface area (Å²) in [6.45, 7) is 15.6. The van der Waals surface area contributed by atoms with Gasteiger partial charge in [0.15, 0.2) is 0 Å². The van der Waals surface area contributed by atoms with Gasteiger partial charge in [-0.1, -0.05) is 135 Å². The highest BCUT2D eigenvalue weighted by molar-refractivity contribution is 7.60. The Labute approximate surface area is 320 Å². The molecule has 1 saturated heterocycles. The van der Waals surface area contributed by atoms with Crippen molar-refractivity contribution in [1.29, 1.82) is 0 Å². The van der Waals surface area contributed by atoms with Gasteiger partial charge in [0.1, 0.15) is 10.2 Å². The van der Waals surface area contributed by atoms with Crippen molar-refractivity contribution in [2.75, 3.05) is 22.9 Å². The molecule has 4 fully saturated rings. The molecule has 2 nitrogen and oxygen atoms in total. The summed E-state index contributed by atoms with van der Waals surface area (Å²) in [7, 11) is -0.299. The van der Waals surface area contributed by atoms with Crippen LogP contribution in [0.2, 0.25) is 0 Å². The molecule has 0 bridgehead atoms. The van der Waals surface area contributed by atoms with Crippen molar-refractivity contribution in [3.05, 3.63) is 111 Å². The van der Waals surface area contributed by atoms with Crippen LogP contribution in [-0.4, -0.2) is 34.4 Å². The Hall–Kier alpha value is -2.25. The summed E-state index contributed by atoms with van der Waals surface area (Å²) >= 11 is 15.4. The molecule has 0 amide bonds. The highest BCUT2D eigenvalue weighted by Gasteiger charge is 2.49. The van der Waals surface area contributed by atoms with Gasteiger partial charge in [0, 0.05) is 35.7 Å². The number of aryl methyl sites for hydroxylation is 6. The smallest absolute Gasteiger partial charge is 0.143 e. The molecule has 51 heavy (non-hydrogen) atoms. The second-order valence-corrected chi connectivity index (χ2v) is 20.8. The molecule has 0 aromatic heterocycles. The fraction of sp³-hybridized carbons (Fsp3) is 0.522. The van der Waals surface area contributed by atoms with Crippen LogP contribution in [-0.2, 0) is 0 Å². The molecule has 1 unspecified atom stereocenters. The number of benzene rings is 3. The van der Waals surface area contributed by atoms with Gasteiger partial charge in [0.05, 0.1) is 0 Å². The van der Waals surface area contributed by atoms with Gasteiger partial charge in [-0.15, -0.1) is 0 Å². The lowest BCUT2D eigenvalue weighted by Crippen LogP contribution is -2.39. The van der Waals surface area contributed by atoms with E-state index in [9.17, 15) is 0 Å². The molecule has 5 heteroatoms. The van der Waals surface area contributed by atoms with Gasteiger partial charge in [0.2, 0.25) is 0 Å². The van der Waals surface area contributed by atoms with Crippen molar-refractivity contribution in [3.63, 3.8) is 0 Å². The Kier molecular flexibility index (Phi) is 11.4. The van der Waals surface area contributed by atoms with E-state index >= 15 is 0 Å². The fourth-order valence-corrected chi connectivity index (χ4v) is 15.5. The summed E-state index contributed by atoms with van der Waals surface area (Å²) < 4.78 is -0.969. The van der Waals surface area contributed by atoms with E-state index in [0.29, 0.717) is 5.66 Å². The standard InChI is InChI=1S/C46H59Cl2N2P/c1-31-26-33(3)43(34(4)27-31)49-24-25-50(44-35(5)28-32(2)29-36(44)6)45(49)42-40(30-37-16-10-7-11-17-37)46(47,48)23-22-41(42)51(38-18-12-8-13-19-38)39-20-14-9-15-21-39/h7,10-11,16-17,26-30,38-39,41H,8-9,12-15,18-25H2,1-6H3. The molecule has 0 radical (unpaired) electrons. The Balaban J connectivity index is 1.56. The van der Waals surface area contributed by atoms with Gasteiger partial charge >= 0.3 is 0 Å². The maximum atomic E-state index is 7.69. The first-order valence-electron chi connectivity index (χ1n) is 19.9. The zero-order chi connectivity index (χ0) is 35.9. The number of hydrogen-bond acceptors (Lipinski definition) is 2. The summed E-state index contributed by atoms with van der Waals surface area (Å²) in [6.07, 6.45) is 18.2. The number of anilines is 2. The van der Waals surface area contributed by atoms with E-state index in [0.717, 1.165) is 42.8 Å². The van der Waals surface area contributed by atoms with Crippen LogP contribution in [0.25, 0.3) is 6.08 Å². The molecule has 1 atom stereocenters. The van der Waals surface area contributed by atoms with Crippen molar-refractivity contribution in [1.82, 2.24) is 0 Å². The topological polar surface area (TPSA) is 6.48 Å². The lowest BCUT2D eigenvalue weighted by molar-refractivity contribution is 0.478. The molecule has 0 spiro atoms. The Bertz CT molecular complexity index is 1650. The van der Waals surface area contributed by atoms with Crippen molar-refractivity contribution >= 4 is 48.6 Å². The number of nitrogens with zero attached hydrogens (tertiary/aromatic N) is 2. The molecule has 3 saturated carbocycles. The lowest BCUT2D eigenvalue weighted by atomic mass is 9.85. The summed E-state index contributed by atoms with van der Waals surface area (Å²) in [5.41, 5.74) is 16.6. The van der Waals surface area contributed by atoms with E-state index in [4.69, 9.17) is 23.2 Å². The Morgan fingerprint density at radius 1 is 0.627 bits per heavy atom. The third-order valence-corrected chi connectivity index (χ3v) is 17.1. The van der Waals surface area contributed by atoms with E-state index in [1.54, 1.807) is 0 Å². The zero-order valence-electron chi connectivity index (χ0n) is 32.0. The second-order valence-electron chi connectivity index (χ2n) is 16.3. The zero-order valence-corrected chi connectivity index (χ0v) is 34.4. The summed E-state index contributed by atoms with van der Waals surface area (Å²) in [5.74, 6) is 1.34. The molecular weight excluding hydrogens is 682 g/mol. The fourth-order valence-electron chi connectivity index (χ4n) is 10.5. The molecule has 1 aliphatic heterocycles. The molecule has 3 aromatic carbocycles. The molecule has 1 heterocycles. The van der Waals surface area contributed by atoms with Crippen molar-refractivity contribution in [3.8, 4) is 0 Å². The quantitative estimate of drug-likeness (QED) is 0.183. The van der Waals surface area contributed by atoms with E-state index in [1.807, 2.05) is 0 Å². The molecule has 3 aromatic rings. The monoisotopic (exact) mass is 740 g/mol. The minimum absolute atomic E-state index is 0.299. The van der Waals surface area contributed by atoms with Gasteiger partial charge in [-0.05, 0) is 131 Å². The molecular formula is C46H59Cl2N2P. The van der Waals surface area contributed by atoms with Gasteiger partial charge in [-0.3, -0.25) is 0 Å². The molecule has 7 rings (SSSR count).